The van der Waals surface area contributed by atoms with Crippen LogP contribution in [-0.4, -0.2) is 43.4 Å². The maximum atomic E-state index is 12.8. The molecule has 0 bridgehead atoms. The van der Waals surface area contributed by atoms with Gasteiger partial charge in [-0.25, -0.2) is 8.42 Å². The number of carbonyl (C=O) groups excluding carboxylic acids is 1. The zero-order valence-electron chi connectivity index (χ0n) is 21.5. The third kappa shape index (κ3) is 8.02. The number of ether oxygens (including phenoxy) is 1. The number of anilines is 1. The molecule has 2 rings (SSSR count). The smallest absolute Gasteiger partial charge is 0.243 e. The Balaban J connectivity index is 1.87. The van der Waals surface area contributed by atoms with Gasteiger partial charge in [0.2, 0.25) is 15.9 Å². The van der Waals surface area contributed by atoms with Crippen LogP contribution < -0.4 is 15.4 Å². The van der Waals surface area contributed by atoms with Crippen molar-refractivity contribution in [1.29, 1.82) is 0 Å². The fraction of sp³-hybridized carbons (Fsp3) is 0.462. The van der Waals surface area contributed by atoms with Gasteiger partial charge < -0.3 is 15.4 Å². The summed E-state index contributed by atoms with van der Waals surface area (Å²) in [6.07, 6.45) is 1.35. The number of rotatable bonds is 11. The van der Waals surface area contributed by atoms with Gasteiger partial charge in [-0.15, -0.1) is 0 Å². The molecule has 0 fully saturated rings. The molecule has 0 aliphatic carbocycles. The zero-order valence-corrected chi connectivity index (χ0v) is 23.1. The summed E-state index contributed by atoms with van der Waals surface area (Å²) in [4.78, 5) is 13.0. The van der Waals surface area contributed by atoms with Crippen molar-refractivity contribution < 1.29 is 17.9 Å². The lowest BCUT2D eigenvalue weighted by Crippen LogP contribution is -2.42. The van der Waals surface area contributed by atoms with Gasteiger partial charge in [-0.3, -0.25) is 4.79 Å². The minimum absolute atomic E-state index is 0.161. The molecule has 0 aliphatic rings. The number of hydrogen-bond donors (Lipinski definition) is 2. The molecule has 1 amide bonds. The van der Waals surface area contributed by atoms with Gasteiger partial charge in [0.1, 0.15) is 5.75 Å². The number of sulfonamides is 1. The summed E-state index contributed by atoms with van der Waals surface area (Å²) in [5, 5.41) is 5.85. The number of hydrogen-bond acceptors (Lipinski definition) is 5. The summed E-state index contributed by atoms with van der Waals surface area (Å²) < 4.78 is 32.5. The summed E-state index contributed by atoms with van der Waals surface area (Å²) in [6.45, 7) is 12.7. The molecule has 2 aromatic rings. The molecule has 0 spiro atoms. The van der Waals surface area contributed by atoms with Crippen LogP contribution in [0.4, 0.5) is 5.69 Å². The van der Waals surface area contributed by atoms with Crippen molar-refractivity contribution in [2.45, 2.75) is 59.3 Å². The minimum atomic E-state index is -3.53. The van der Waals surface area contributed by atoms with Crippen molar-refractivity contribution in [1.82, 2.24) is 9.62 Å². The maximum Gasteiger partial charge on any atom is 0.243 e. The predicted octanol–water partition coefficient (Wildman–Crippen LogP) is 5.03. The quantitative estimate of drug-likeness (QED) is 0.320. The first-order chi connectivity index (χ1) is 16.4. The molecule has 0 aromatic heterocycles. The minimum Gasteiger partial charge on any atom is -0.493 e. The number of carbonyl (C=O) groups is 1. The van der Waals surface area contributed by atoms with Crippen LogP contribution in [-0.2, 0) is 14.8 Å². The molecule has 0 saturated carbocycles. The van der Waals surface area contributed by atoms with E-state index in [0.29, 0.717) is 31.8 Å². The van der Waals surface area contributed by atoms with Gasteiger partial charge in [-0.2, -0.15) is 4.31 Å². The van der Waals surface area contributed by atoms with E-state index in [2.05, 4.69) is 16.7 Å². The van der Waals surface area contributed by atoms with E-state index in [1.807, 2.05) is 39.8 Å². The number of aryl methyl sites for hydroxylation is 2. The fourth-order valence-electron chi connectivity index (χ4n) is 3.53. The molecule has 7 nitrogen and oxygen atoms in total. The Hall–Kier alpha value is -2.49. The first-order valence-corrected chi connectivity index (χ1v) is 13.7. The average Bonchev–Trinajstić information content (AvgIpc) is 2.79. The van der Waals surface area contributed by atoms with E-state index in [4.69, 9.17) is 17.0 Å². The lowest BCUT2D eigenvalue weighted by atomic mass is 9.87. The van der Waals surface area contributed by atoms with Gasteiger partial charge in [0, 0.05) is 24.2 Å². The van der Waals surface area contributed by atoms with E-state index >= 15 is 0 Å². The topological polar surface area (TPSA) is 87.7 Å². The van der Waals surface area contributed by atoms with Gasteiger partial charge in [-0.1, -0.05) is 39.8 Å². The van der Waals surface area contributed by atoms with Crippen LogP contribution >= 0.6 is 12.2 Å². The van der Waals surface area contributed by atoms with Crippen LogP contribution in [0.3, 0.4) is 0 Å². The Morgan fingerprint density at radius 3 is 2.29 bits per heavy atom. The largest absolute Gasteiger partial charge is 0.493 e. The molecule has 2 aromatic carbocycles. The third-order valence-corrected chi connectivity index (χ3v) is 8.11. The number of nitrogens with zero attached hydrogens (tertiary/aromatic N) is 1. The molecule has 9 heteroatoms. The van der Waals surface area contributed by atoms with E-state index in [1.165, 1.54) is 16.4 Å². The number of amides is 1. The first-order valence-electron chi connectivity index (χ1n) is 11.8. The van der Waals surface area contributed by atoms with E-state index in [0.717, 1.165) is 23.3 Å². The van der Waals surface area contributed by atoms with E-state index < -0.39 is 15.4 Å². The van der Waals surface area contributed by atoms with Crippen LogP contribution in [0.1, 0.15) is 51.7 Å². The highest BCUT2D eigenvalue weighted by Gasteiger charge is 2.28. The molecule has 0 heterocycles. The lowest BCUT2D eigenvalue weighted by Gasteiger charge is -2.24. The summed E-state index contributed by atoms with van der Waals surface area (Å²) >= 11 is 5.30. The predicted molar refractivity (Wildman–Crippen MR) is 145 cm³/mol. The average molecular weight is 520 g/mol. The molecule has 0 atom stereocenters. The van der Waals surface area contributed by atoms with Crippen molar-refractivity contribution in [3.63, 3.8) is 0 Å². The Morgan fingerprint density at radius 1 is 1.06 bits per heavy atom. The van der Waals surface area contributed by atoms with Crippen molar-refractivity contribution in [2.75, 3.05) is 25.0 Å². The van der Waals surface area contributed by atoms with Crippen LogP contribution in [0.5, 0.6) is 5.75 Å². The third-order valence-electron chi connectivity index (χ3n) is 5.84. The summed E-state index contributed by atoms with van der Waals surface area (Å²) in [5.74, 6) is 0.677. The molecule has 192 valence electrons. The zero-order chi connectivity index (χ0) is 26.2. The van der Waals surface area contributed by atoms with E-state index in [1.54, 1.807) is 26.0 Å². The molecule has 0 unspecified atom stereocenters. The fourth-order valence-corrected chi connectivity index (χ4v) is 5.20. The van der Waals surface area contributed by atoms with Crippen LogP contribution in [0.2, 0.25) is 0 Å². The Morgan fingerprint density at radius 2 is 1.69 bits per heavy atom. The van der Waals surface area contributed by atoms with E-state index in [-0.39, 0.29) is 15.9 Å². The highest BCUT2D eigenvalue weighted by molar-refractivity contribution is 7.89. The van der Waals surface area contributed by atoms with Gasteiger partial charge >= 0.3 is 0 Å². The standard InChI is InChI=1S/C26H37N3O4S2/c1-7-29(8-2)35(31,32)22-14-12-21(13-15-22)27-25(34)28-24(30)26(5,6)16-9-17-33-23-18-19(3)10-11-20(23)4/h10-15,18H,7-9,16-17H2,1-6H3,(H2,27,28,30,34). The number of nitrogens with one attached hydrogen (secondary N) is 2. The number of benzene rings is 2. The van der Waals surface area contributed by atoms with Crippen LogP contribution in [0, 0.1) is 19.3 Å². The van der Waals surface area contributed by atoms with Crippen LogP contribution in [0.15, 0.2) is 47.4 Å². The molecular weight excluding hydrogens is 482 g/mol. The summed E-state index contributed by atoms with van der Waals surface area (Å²) in [6, 6.07) is 12.4. The van der Waals surface area contributed by atoms with Gasteiger partial charge in [0.05, 0.1) is 11.5 Å². The molecular formula is C26H37N3O4S2. The van der Waals surface area contributed by atoms with Gasteiger partial charge in [0.15, 0.2) is 5.11 Å². The van der Waals surface area contributed by atoms with Crippen molar-refractivity contribution in [2.24, 2.45) is 5.41 Å². The van der Waals surface area contributed by atoms with Crippen molar-refractivity contribution >= 4 is 38.9 Å². The van der Waals surface area contributed by atoms with Gasteiger partial charge in [0.25, 0.3) is 0 Å². The van der Waals surface area contributed by atoms with Crippen molar-refractivity contribution in [3.8, 4) is 5.75 Å². The second-order valence-electron chi connectivity index (χ2n) is 9.13. The second-order valence-corrected chi connectivity index (χ2v) is 11.5. The van der Waals surface area contributed by atoms with Crippen LogP contribution in [0.25, 0.3) is 0 Å². The second kappa shape index (κ2) is 12.5. The van der Waals surface area contributed by atoms with Gasteiger partial charge in [-0.05, 0) is 80.4 Å². The Labute approximate surface area is 215 Å². The van der Waals surface area contributed by atoms with E-state index in [9.17, 15) is 13.2 Å². The number of thiocarbonyl (C=S) groups is 1. The Kier molecular flexibility index (Phi) is 10.2. The summed E-state index contributed by atoms with van der Waals surface area (Å²) in [5.41, 5.74) is 2.18. The molecule has 35 heavy (non-hydrogen) atoms. The Bertz CT molecular complexity index is 1130. The highest BCUT2D eigenvalue weighted by Crippen LogP contribution is 2.24. The van der Waals surface area contributed by atoms with Crippen molar-refractivity contribution in [3.05, 3.63) is 53.6 Å². The SMILES string of the molecule is CCN(CC)S(=O)(=O)c1ccc(NC(=S)NC(=O)C(C)(C)CCCOc2cc(C)ccc2C)cc1. The first kappa shape index (κ1) is 28.7. The maximum absolute atomic E-state index is 12.8. The molecule has 0 radical (unpaired) electrons. The molecule has 0 saturated heterocycles. The molecule has 2 N–H and O–H groups in total. The highest BCUT2D eigenvalue weighted by atomic mass is 32.2. The normalized spacial score (nSPS) is 11.9. The lowest BCUT2D eigenvalue weighted by molar-refractivity contribution is -0.128. The molecule has 0 aliphatic heterocycles. The summed E-state index contributed by atoms with van der Waals surface area (Å²) in [7, 11) is -3.53. The monoisotopic (exact) mass is 519 g/mol.